The largest absolute Gasteiger partial charge is 0.476 e. The molecular formula is C9H9N3O2. The third-order valence-electron chi connectivity index (χ3n) is 2.05. The molecule has 1 N–H and O–H groups in total. The highest BCUT2D eigenvalue weighted by Gasteiger charge is 2.17. The lowest BCUT2D eigenvalue weighted by Crippen LogP contribution is -2.00. The minimum absolute atomic E-state index is 0.0891. The van der Waals surface area contributed by atoms with Gasteiger partial charge in [-0.1, -0.05) is 6.92 Å². The van der Waals surface area contributed by atoms with Crippen LogP contribution in [0.2, 0.25) is 0 Å². The summed E-state index contributed by atoms with van der Waals surface area (Å²) in [5.74, 6) is -1.01. The Morgan fingerprint density at radius 1 is 1.64 bits per heavy atom. The van der Waals surface area contributed by atoms with Gasteiger partial charge in [0.15, 0.2) is 11.3 Å². The van der Waals surface area contributed by atoms with Crippen LogP contribution >= 0.6 is 0 Å². The van der Waals surface area contributed by atoms with E-state index in [-0.39, 0.29) is 5.69 Å². The molecule has 0 amide bonds. The van der Waals surface area contributed by atoms with E-state index in [1.54, 1.807) is 18.5 Å². The third-order valence-corrected chi connectivity index (χ3v) is 2.05. The van der Waals surface area contributed by atoms with Gasteiger partial charge in [0.25, 0.3) is 0 Å². The second-order valence-corrected chi connectivity index (χ2v) is 2.87. The van der Waals surface area contributed by atoms with Crippen LogP contribution in [-0.2, 0) is 6.42 Å². The van der Waals surface area contributed by atoms with Crippen molar-refractivity contribution >= 4 is 11.6 Å². The van der Waals surface area contributed by atoms with E-state index in [4.69, 9.17) is 5.11 Å². The molecule has 2 aromatic heterocycles. The van der Waals surface area contributed by atoms with Crippen molar-refractivity contribution < 1.29 is 9.90 Å². The van der Waals surface area contributed by atoms with Crippen molar-refractivity contribution in [2.45, 2.75) is 13.3 Å². The number of nitrogens with zero attached hydrogens (tertiary/aromatic N) is 3. The maximum Gasteiger partial charge on any atom is 0.356 e. The Hall–Kier alpha value is -1.91. The maximum absolute atomic E-state index is 10.8. The fourth-order valence-electron chi connectivity index (χ4n) is 1.43. The molecule has 5 heteroatoms. The van der Waals surface area contributed by atoms with Gasteiger partial charge in [0, 0.05) is 18.0 Å². The quantitative estimate of drug-likeness (QED) is 0.768. The summed E-state index contributed by atoms with van der Waals surface area (Å²) in [7, 11) is 0. The lowest BCUT2D eigenvalue weighted by molar-refractivity contribution is 0.0689. The number of hydrogen-bond acceptors (Lipinski definition) is 3. The molecule has 0 saturated carbocycles. The van der Waals surface area contributed by atoms with E-state index in [1.165, 1.54) is 4.52 Å². The number of fused-ring (bicyclic) bond motifs is 1. The first-order valence-corrected chi connectivity index (χ1v) is 4.29. The molecule has 0 aliphatic rings. The van der Waals surface area contributed by atoms with Crippen molar-refractivity contribution in [3.63, 3.8) is 0 Å². The van der Waals surface area contributed by atoms with Crippen molar-refractivity contribution in [1.82, 2.24) is 14.6 Å². The van der Waals surface area contributed by atoms with Crippen LogP contribution in [0.25, 0.3) is 5.65 Å². The van der Waals surface area contributed by atoms with Gasteiger partial charge in [-0.2, -0.15) is 5.10 Å². The first-order valence-electron chi connectivity index (χ1n) is 4.29. The summed E-state index contributed by atoms with van der Waals surface area (Å²) in [6, 6.07) is 1.71. The number of aromatic carboxylic acids is 1. The Morgan fingerprint density at radius 3 is 3.07 bits per heavy atom. The molecule has 2 aromatic rings. The van der Waals surface area contributed by atoms with Crippen LogP contribution < -0.4 is 0 Å². The second-order valence-electron chi connectivity index (χ2n) is 2.87. The monoisotopic (exact) mass is 191 g/mol. The Bertz CT molecular complexity index is 490. The molecule has 0 aliphatic heterocycles. The zero-order valence-corrected chi connectivity index (χ0v) is 7.64. The van der Waals surface area contributed by atoms with Crippen LogP contribution in [-0.4, -0.2) is 25.7 Å². The molecule has 0 fully saturated rings. The predicted molar refractivity (Wildman–Crippen MR) is 49.3 cm³/mol. The van der Waals surface area contributed by atoms with Crippen LogP contribution in [0.5, 0.6) is 0 Å². The second kappa shape index (κ2) is 3.10. The number of rotatable bonds is 2. The Balaban J connectivity index is 2.78. The number of carboxylic acid groups (broad SMARTS) is 1. The summed E-state index contributed by atoms with van der Waals surface area (Å²) in [5.41, 5.74) is 1.39. The SMILES string of the molecule is CCc1c(C(=O)O)nn2cccnc12. The first kappa shape index (κ1) is 8.68. The molecular weight excluding hydrogens is 182 g/mol. The Morgan fingerprint density at radius 2 is 2.43 bits per heavy atom. The van der Waals surface area contributed by atoms with Crippen LogP contribution in [0.15, 0.2) is 18.5 Å². The molecule has 2 heterocycles. The van der Waals surface area contributed by atoms with Crippen LogP contribution in [0.1, 0.15) is 23.0 Å². The highest BCUT2D eigenvalue weighted by Crippen LogP contribution is 2.13. The summed E-state index contributed by atoms with van der Waals surface area (Å²) in [6.45, 7) is 1.89. The van der Waals surface area contributed by atoms with Crippen molar-refractivity contribution in [3.05, 3.63) is 29.7 Å². The highest BCUT2D eigenvalue weighted by atomic mass is 16.4. The summed E-state index contributed by atoms with van der Waals surface area (Å²) in [5, 5.41) is 12.8. The topological polar surface area (TPSA) is 67.5 Å². The van der Waals surface area contributed by atoms with E-state index in [0.29, 0.717) is 17.6 Å². The normalized spacial score (nSPS) is 10.6. The van der Waals surface area contributed by atoms with E-state index in [0.717, 1.165) is 0 Å². The van der Waals surface area contributed by atoms with E-state index < -0.39 is 5.97 Å². The third kappa shape index (κ3) is 1.14. The number of hydrogen-bond donors (Lipinski definition) is 1. The van der Waals surface area contributed by atoms with Crippen molar-refractivity contribution in [1.29, 1.82) is 0 Å². The van der Waals surface area contributed by atoms with Gasteiger partial charge in [0.1, 0.15) is 0 Å². The first-order chi connectivity index (χ1) is 6.74. The summed E-state index contributed by atoms with van der Waals surface area (Å²) in [6.07, 6.45) is 3.93. The molecule has 2 rings (SSSR count). The van der Waals surface area contributed by atoms with Gasteiger partial charge in [-0.3, -0.25) is 0 Å². The van der Waals surface area contributed by atoms with Gasteiger partial charge in [-0.25, -0.2) is 14.3 Å². The molecule has 0 aliphatic carbocycles. The zero-order chi connectivity index (χ0) is 10.1. The van der Waals surface area contributed by atoms with E-state index in [9.17, 15) is 4.79 Å². The van der Waals surface area contributed by atoms with Crippen molar-refractivity contribution in [3.8, 4) is 0 Å². The van der Waals surface area contributed by atoms with E-state index in [1.807, 2.05) is 6.92 Å². The molecule has 0 saturated heterocycles. The van der Waals surface area contributed by atoms with Crippen LogP contribution in [0.4, 0.5) is 0 Å². The molecule has 0 radical (unpaired) electrons. The molecule has 0 atom stereocenters. The molecule has 0 bridgehead atoms. The molecule has 72 valence electrons. The van der Waals surface area contributed by atoms with Crippen LogP contribution in [0, 0.1) is 0 Å². The average Bonchev–Trinajstić information content (AvgIpc) is 2.56. The summed E-state index contributed by atoms with van der Waals surface area (Å²) in [4.78, 5) is 14.9. The van der Waals surface area contributed by atoms with Gasteiger partial charge in [-0.05, 0) is 12.5 Å². The lowest BCUT2D eigenvalue weighted by atomic mass is 10.2. The predicted octanol–water partition coefficient (Wildman–Crippen LogP) is 0.990. The number of aryl methyl sites for hydroxylation is 1. The molecule has 5 nitrogen and oxygen atoms in total. The number of carbonyl (C=O) groups is 1. The standard InChI is InChI=1S/C9H9N3O2/c1-2-6-7(9(13)14)11-12-5-3-4-10-8(6)12/h3-5H,2H2,1H3,(H,13,14). The molecule has 0 unspecified atom stereocenters. The van der Waals surface area contributed by atoms with Gasteiger partial charge in [0.2, 0.25) is 0 Å². The lowest BCUT2D eigenvalue weighted by Gasteiger charge is -1.92. The van der Waals surface area contributed by atoms with Crippen molar-refractivity contribution in [2.24, 2.45) is 0 Å². The Kier molecular flexibility index (Phi) is 1.92. The highest BCUT2D eigenvalue weighted by molar-refractivity contribution is 5.89. The van der Waals surface area contributed by atoms with Gasteiger partial charge >= 0.3 is 5.97 Å². The summed E-state index contributed by atoms with van der Waals surface area (Å²) >= 11 is 0. The fraction of sp³-hybridized carbons (Fsp3) is 0.222. The molecule has 14 heavy (non-hydrogen) atoms. The maximum atomic E-state index is 10.8. The van der Waals surface area contributed by atoms with Gasteiger partial charge in [-0.15, -0.1) is 0 Å². The average molecular weight is 191 g/mol. The van der Waals surface area contributed by atoms with Gasteiger partial charge < -0.3 is 5.11 Å². The molecule has 0 spiro atoms. The van der Waals surface area contributed by atoms with E-state index in [2.05, 4.69) is 10.1 Å². The van der Waals surface area contributed by atoms with Crippen LogP contribution in [0.3, 0.4) is 0 Å². The smallest absolute Gasteiger partial charge is 0.356 e. The zero-order valence-electron chi connectivity index (χ0n) is 7.64. The minimum Gasteiger partial charge on any atom is -0.476 e. The number of carboxylic acids is 1. The number of aromatic nitrogens is 3. The Labute approximate surface area is 80.0 Å². The van der Waals surface area contributed by atoms with Crippen molar-refractivity contribution in [2.75, 3.05) is 0 Å². The van der Waals surface area contributed by atoms with E-state index >= 15 is 0 Å². The minimum atomic E-state index is -1.01. The molecule has 0 aromatic carbocycles. The fourth-order valence-corrected chi connectivity index (χ4v) is 1.43. The van der Waals surface area contributed by atoms with Gasteiger partial charge in [0.05, 0.1) is 0 Å². The summed E-state index contributed by atoms with van der Waals surface area (Å²) < 4.78 is 1.49.